The summed E-state index contributed by atoms with van der Waals surface area (Å²) < 4.78 is 15.2. The maximum absolute atomic E-state index is 12.1. The van der Waals surface area contributed by atoms with Gasteiger partial charge in [-0.05, 0) is 13.8 Å². The Labute approximate surface area is 131 Å². The van der Waals surface area contributed by atoms with Gasteiger partial charge in [0.15, 0.2) is 6.10 Å². The van der Waals surface area contributed by atoms with E-state index < -0.39 is 12.1 Å². The zero-order valence-electron chi connectivity index (χ0n) is 12.5. The van der Waals surface area contributed by atoms with E-state index in [1.807, 2.05) is 30.3 Å². The number of esters is 1. The number of aryl methyl sites for hydroxylation is 1. The molecular weight excluding hydrogens is 300 g/mol. The molecule has 0 saturated carbocycles. The van der Waals surface area contributed by atoms with Crippen molar-refractivity contribution in [2.24, 2.45) is 0 Å². The summed E-state index contributed by atoms with van der Waals surface area (Å²) in [5.41, 5.74) is 6.81. The number of ether oxygens (including phenoxy) is 1. The lowest BCUT2D eigenvalue weighted by Gasteiger charge is -2.08. The van der Waals surface area contributed by atoms with E-state index in [0.29, 0.717) is 11.5 Å². The first-order valence-corrected chi connectivity index (χ1v) is 6.88. The van der Waals surface area contributed by atoms with Gasteiger partial charge in [-0.3, -0.25) is 0 Å². The second kappa shape index (κ2) is 5.91. The third kappa shape index (κ3) is 2.91. The Balaban J connectivity index is 1.75. The van der Waals surface area contributed by atoms with Crippen molar-refractivity contribution in [1.29, 1.82) is 0 Å². The highest BCUT2D eigenvalue weighted by molar-refractivity contribution is 5.94. The summed E-state index contributed by atoms with van der Waals surface area (Å²) in [7, 11) is 0. The van der Waals surface area contributed by atoms with Crippen molar-refractivity contribution >= 4 is 11.9 Å². The molecule has 2 N–H and O–H groups in total. The van der Waals surface area contributed by atoms with Gasteiger partial charge in [-0.2, -0.15) is 4.98 Å². The molecule has 118 valence electrons. The smallest absolute Gasteiger partial charge is 0.346 e. The van der Waals surface area contributed by atoms with E-state index in [-0.39, 0.29) is 17.3 Å². The van der Waals surface area contributed by atoms with Crippen molar-refractivity contribution in [3.8, 4) is 11.4 Å². The van der Waals surface area contributed by atoms with Crippen LogP contribution in [0.15, 0.2) is 39.4 Å². The average Bonchev–Trinajstić information content (AvgIpc) is 3.15. The van der Waals surface area contributed by atoms with Gasteiger partial charge in [0, 0.05) is 5.56 Å². The molecule has 0 saturated heterocycles. The van der Waals surface area contributed by atoms with E-state index in [0.717, 1.165) is 5.56 Å². The third-order valence-corrected chi connectivity index (χ3v) is 3.20. The number of aromatic nitrogens is 3. The lowest BCUT2D eigenvalue weighted by Crippen LogP contribution is -2.11. The number of nitrogens with zero attached hydrogens (tertiary/aromatic N) is 3. The largest absolute Gasteiger partial charge is 0.449 e. The molecular formula is C15H14N4O4. The van der Waals surface area contributed by atoms with Crippen LogP contribution in [-0.2, 0) is 4.74 Å². The first kappa shape index (κ1) is 14.8. The van der Waals surface area contributed by atoms with Crippen LogP contribution >= 0.6 is 0 Å². The minimum Gasteiger partial charge on any atom is -0.449 e. The lowest BCUT2D eigenvalue weighted by atomic mass is 10.2. The molecule has 0 aliphatic heterocycles. The van der Waals surface area contributed by atoms with E-state index in [4.69, 9.17) is 19.5 Å². The van der Waals surface area contributed by atoms with Crippen molar-refractivity contribution in [2.75, 3.05) is 5.73 Å². The van der Waals surface area contributed by atoms with E-state index in [9.17, 15) is 4.79 Å². The molecule has 1 atom stereocenters. The predicted molar refractivity (Wildman–Crippen MR) is 79.2 cm³/mol. The Morgan fingerprint density at radius 2 is 1.96 bits per heavy atom. The van der Waals surface area contributed by atoms with Crippen LogP contribution in [0.25, 0.3) is 11.4 Å². The molecule has 8 heteroatoms. The van der Waals surface area contributed by atoms with E-state index >= 15 is 0 Å². The Morgan fingerprint density at radius 3 is 2.61 bits per heavy atom. The molecule has 0 bridgehead atoms. The molecule has 23 heavy (non-hydrogen) atoms. The van der Waals surface area contributed by atoms with Crippen LogP contribution in [0, 0.1) is 6.92 Å². The number of carbonyl (C=O) groups excluding carboxylic acids is 1. The molecule has 0 fully saturated rings. The minimum absolute atomic E-state index is 0.0878. The zero-order valence-corrected chi connectivity index (χ0v) is 12.5. The van der Waals surface area contributed by atoms with Crippen LogP contribution in [0.4, 0.5) is 5.88 Å². The van der Waals surface area contributed by atoms with Gasteiger partial charge in [-0.15, -0.1) is 0 Å². The molecule has 3 aromatic rings. The number of benzene rings is 1. The number of rotatable bonds is 4. The number of anilines is 1. The van der Waals surface area contributed by atoms with Crippen LogP contribution in [0.5, 0.6) is 0 Å². The maximum Gasteiger partial charge on any atom is 0.346 e. The fraction of sp³-hybridized carbons (Fsp3) is 0.200. The van der Waals surface area contributed by atoms with Crippen LogP contribution in [0.2, 0.25) is 0 Å². The quantitative estimate of drug-likeness (QED) is 0.730. The maximum atomic E-state index is 12.1. The number of hydrogen-bond acceptors (Lipinski definition) is 8. The van der Waals surface area contributed by atoms with E-state index in [1.54, 1.807) is 13.8 Å². The highest BCUT2D eigenvalue weighted by atomic mass is 16.6. The van der Waals surface area contributed by atoms with Crippen LogP contribution in [0.1, 0.15) is 35.0 Å². The Morgan fingerprint density at radius 1 is 1.22 bits per heavy atom. The van der Waals surface area contributed by atoms with Gasteiger partial charge in [-0.25, -0.2) is 4.79 Å². The van der Waals surface area contributed by atoms with Gasteiger partial charge in [0.25, 0.3) is 5.89 Å². The topological polar surface area (TPSA) is 117 Å². The van der Waals surface area contributed by atoms with Gasteiger partial charge in [0.2, 0.25) is 11.7 Å². The highest BCUT2D eigenvalue weighted by Crippen LogP contribution is 2.23. The molecule has 2 aromatic heterocycles. The van der Waals surface area contributed by atoms with Crippen molar-refractivity contribution in [1.82, 2.24) is 15.3 Å². The summed E-state index contributed by atoms with van der Waals surface area (Å²) in [5, 5.41) is 7.49. The molecule has 0 unspecified atom stereocenters. The van der Waals surface area contributed by atoms with Crippen LogP contribution in [-0.4, -0.2) is 21.3 Å². The average molecular weight is 314 g/mol. The summed E-state index contributed by atoms with van der Waals surface area (Å²) >= 11 is 0. The van der Waals surface area contributed by atoms with Gasteiger partial charge in [0.05, 0.1) is 5.69 Å². The number of nitrogen functional groups attached to an aromatic ring is 1. The van der Waals surface area contributed by atoms with Gasteiger partial charge >= 0.3 is 5.97 Å². The fourth-order valence-corrected chi connectivity index (χ4v) is 2.01. The summed E-state index contributed by atoms with van der Waals surface area (Å²) in [6.45, 7) is 3.22. The second-order valence-electron chi connectivity index (χ2n) is 4.88. The van der Waals surface area contributed by atoms with Crippen molar-refractivity contribution in [3.05, 3.63) is 47.5 Å². The molecule has 0 amide bonds. The Hall–Kier alpha value is -3.16. The van der Waals surface area contributed by atoms with Gasteiger partial charge in [0.1, 0.15) is 5.56 Å². The summed E-state index contributed by atoms with van der Waals surface area (Å²) in [6.07, 6.45) is -0.735. The standard InChI is InChI=1S/C15H14N4O4/c1-8-11(12(16)22-18-8)15(20)21-9(2)14-17-13(19-23-14)10-6-4-3-5-7-10/h3-7,9H,16H2,1-2H3/t9-/m1/s1. The van der Waals surface area contributed by atoms with Crippen LogP contribution in [0.3, 0.4) is 0 Å². The molecule has 8 nitrogen and oxygen atoms in total. The zero-order chi connectivity index (χ0) is 16.4. The second-order valence-corrected chi connectivity index (χ2v) is 4.88. The number of nitrogens with two attached hydrogens (primary N) is 1. The molecule has 0 radical (unpaired) electrons. The molecule has 0 aliphatic rings. The predicted octanol–water partition coefficient (Wildman–Crippen LogP) is 2.53. The third-order valence-electron chi connectivity index (χ3n) is 3.20. The molecule has 3 rings (SSSR count). The van der Waals surface area contributed by atoms with E-state index in [1.165, 1.54) is 0 Å². The molecule has 2 heterocycles. The van der Waals surface area contributed by atoms with Gasteiger partial charge in [-0.1, -0.05) is 40.6 Å². The number of carbonyl (C=O) groups is 1. The van der Waals surface area contributed by atoms with Crippen molar-refractivity contribution < 1.29 is 18.6 Å². The first-order chi connectivity index (χ1) is 11.1. The molecule has 0 aliphatic carbocycles. The summed E-state index contributed by atoms with van der Waals surface area (Å²) in [5.74, 6) is -0.141. The van der Waals surface area contributed by atoms with Crippen molar-refractivity contribution in [3.63, 3.8) is 0 Å². The van der Waals surface area contributed by atoms with E-state index in [2.05, 4.69) is 15.3 Å². The van der Waals surface area contributed by atoms with Crippen LogP contribution < -0.4 is 5.73 Å². The first-order valence-electron chi connectivity index (χ1n) is 6.88. The molecule has 1 aromatic carbocycles. The monoisotopic (exact) mass is 314 g/mol. The normalized spacial score (nSPS) is 12.1. The minimum atomic E-state index is -0.735. The Kier molecular flexibility index (Phi) is 3.80. The van der Waals surface area contributed by atoms with Gasteiger partial charge < -0.3 is 19.5 Å². The summed E-state index contributed by atoms with van der Waals surface area (Å²) in [6, 6.07) is 9.33. The fourth-order valence-electron chi connectivity index (χ4n) is 2.01. The number of hydrogen-bond donors (Lipinski definition) is 1. The Bertz CT molecular complexity index is 806. The molecule has 0 spiro atoms. The highest BCUT2D eigenvalue weighted by Gasteiger charge is 2.25. The lowest BCUT2D eigenvalue weighted by molar-refractivity contribution is 0.0265. The van der Waals surface area contributed by atoms with Crippen molar-refractivity contribution in [2.45, 2.75) is 20.0 Å². The summed E-state index contributed by atoms with van der Waals surface area (Å²) in [4.78, 5) is 16.4. The SMILES string of the molecule is Cc1noc(N)c1C(=O)O[C@H](C)c1nc(-c2ccccc2)no1.